The van der Waals surface area contributed by atoms with E-state index in [1.165, 1.54) is 52.7 Å². The molecule has 0 N–H and O–H groups in total. The molecule has 3 rings (SSSR count). The molecule has 0 aliphatic carbocycles. The molecule has 31 heavy (non-hydrogen) atoms. The molecular weight excluding hydrogens is 432 g/mol. The van der Waals surface area contributed by atoms with Crippen LogP contribution in [0.25, 0.3) is 0 Å². The quantitative estimate of drug-likeness (QED) is 0.448. The molecule has 0 saturated carbocycles. The van der Waals surface area contributed by atoms with Crippen molar-refractivity contribution in [2.75, 3.05) is 28.4 Å². The zero-order valence-electron chi connectivity index (χ0n) is 16.9. The van der Waals surface area contributed by atoms with Crippen LogP contribution in [0.3, 0.4) is 0 Å². The number of hydrogen-bond donors (Lipinski definition) is 0. The second-order valence-electron chi connectivity index (χ2n) is 5.58. The van der Waals surface area contributed by atoms with Crippen molar-refractivity contribution in [1.82, 2.24) is 19.9 Å². The minimum Gasteiger partial charge on any atom is -0.481 e. The lowest BCUT2D eigenvalue weighted by atomic mass is 10.2. The van der Waals surface area contributed by atoms with Crippen molar-refractivity contribution in [3.05, 3.63) is 35.9 Å². The van der Waals surface area contributed by atoms with Gasteiger partial charge in [-0.2, -0.15) is 19.9 Å². The third-order valence-electron chi connectivity index (χ3n) is 3.74. The number of halogens is 1. The molecule has 0 fully saturated rings. The normalized spacial score (nSPS) is 10.2. The highest BCUT2D eigenvalue weighted by Crippen LogP contribution is 2.35. The summed E-state index contributed by atoms with van der Waals surface area (Å²) < 4.78 is 31.7. The molecule has 0 bridgehead atoms. The first kappa shape index (κ1) is 21.8. The summed E-state index contributed by atoms with van der Waals surface area (Å²) in [4.78, 5) is 28.4. The van der Waals surface area contributed by atoms with E-state index in [0.717, 1.165) is 0 Å². The fraction of sp³-hybridized carbons (Fsp3) is 0.211. The molecule has 0 aliphatic rings. The Labute approximate surface area is 181 Å². The topological polar surface area (TPSA) is 124 Å². The Hall–Kier alpha value is -3.86. The molecular formula is C19H17ClN4O7. The van der Waals surface area contributed by atoms with Crippen LogP contribution in [-0.2, 0) is 0 Å². The number of hydrogen-bond acceptors (Lipinski definition) is 11. The second-order valence-corrected chi connectivity index (χ2v) is 5.92. The molecule has 0 amide bonds. The van der Waals surface area contributed by atoms with Crippen molar-refractivity contribution < 1.29 is 33.2 Å². The van der Waals surface area contributed by atoms with Gasteiger partial charge in [-0.05, 0) is 23.7 Å². The molecule has 0 atom stereocenters. The van der Waals surface area contributed by atoms with Crippen LogP contribution in [0.5, 0.6) is 47.0 Å². The van der Waals surface area contributed by atoms with E-state index in [1.807, 2.05) is 0 Å². The van der Waals surface area contributed by atoms with Crippen LogP contribution in [0.2, 0.25) is 0 Å². The molecule has 0 saturated heterocycles. The number of nitrogens with zero attached hydrogens (tertiary/aromatic N) is 4. The summed E-state index contributed by atoms with van der Waals surface area (Å²) in [5.41, 5.74) is -0.0973. The lowest BCUT2D eigenvalue weighted by Gasteiger charge is -2.13. The highest BCUT2D eigenvalue weighted by molar-refractivity contribution is 6.68. The number of aromatic nitrogens is 4. The van der Waals surface area contributed by atoms with Gasteiger partial charge in [-0.25, -0.2) is 0 Å². The minimum atomic E-state index is -0.852. The Bertz CT molecular complexity index is 977. The molecule has 0 unspecified atom stereocenters. The molecule has 0 aliphatic heterocycles. The van der Waals surface area contributed by atoms with Crippen molar-refractivity contribution in [3.8, 4) is 47.0 Å². The third kappa shape index (κ3) is 5.20. The van der Waals surface area contributed by atoms with Crippen LogP contribution in [0.4, 0.5) is 0 Å². The monoisotopic (exact) mass is 448 g/mol. The number of ether oxygens (including phenoxy) is 6. The lowest BCUT2D eigenvalue weighted by molar-refractivity contribution is 0.107. The van der Waals surface area contributed by atoms with Crippen molar-refractivity contribution in [1.29, 1.82) is 0 Å². The van der Waals surface area contributed by atoms with Gasteiger partial charge in [0.2, 0.25) is 23.5 Å². The van der Waals surface area contributed by atoms with E-state index in [1.54, 1.807) is 6.07 Å². The van der Waals surface area contributed by atoms with E-state index >= 15 is 0 Å². The lowest BCUT2D eigenvalue weighted by Crippen LogP contribution is -2.04. The van der Waals surface area contributed by atoms with E-state index in [4.69, 9.17) is 40.0 Å². The molecule has 0 spiro atoms. The molecule has 12 heteroatoms. The number of rotatable bonds is 9. The zero-order chi connectivity index (χ0) is 22.4. The molecule has 2 aromatic heterocycles. The molecule has 2 heterocycles. The Kier molecular flexibility index (Phi) is 6.88. The number of benzene rings is 1. The van der Waals surface area contributed by atoms with E-state index in [0.29, 0.717) is 0 Å². The molecule has 0 radical (unpaired) electrons. The Morgan fingerprint density at radius 2 is 1.06 bits per heavy atom. The van der Waals surface area contributed by atoms with Gasteiger partial charge in [0.15, 0.2) is 0 Å². The van der Waals surface area contributed by atoms with Crippen LogP contribution >= 0.6 is 11.6 Å². The van der Waals surface area contributed by atoms with E-state index < -0.39 is 5.24 Å². The van der Waals surface area contributed by atoms with Gasteiger partial charge in [-0.1, -0.05) is 6.07 Å². The van der Waals surface area contributed by atoms with Crippen molar-refractivity contribution in [2.24, 2.45) is 0 Å². The SMILES string of the molecule is COc1cc(OC)nc(Oc2cccc(Oc3nc(OC)cc(OC)n3)c2C(=O)Cl)n1. The summed E-state index contributed by atoms with van der Waals surface area (Å²) in [5, 5.41) is -0.852. The van der Waals surface area contributed by atoms with Gasteiger partial charge in [-0.3, -0.25) is 4.79 Å². The summed E-state index contributed by atoms with van der Waals surface area (Å²) in [6.07, 6.45) is 0. The van der Waals surface area contributed by atoms with E-state index in [9.17, 15) is 4.79 Å². The van der Waals surface area contributed by atoms with Crippen LogP contribution in [-0.4, -0.2) is 53.6 Å². The number of carbonyl (C=O) groups excluding carboxylic acids is 1. The maximum absolute atomic E-state index is 12.2. The van der Waals surface area contributed by atoms with Crippen LogP contribution in [0.15, 0.2) is 30.3 Å². The average Bonchev–Trinajstić information content (AvgIpc) is 2.78. The van der Waals surface area contributed by atoms with Gasteiger partial charge in [0.05, 0.1) is 40.6 Å². The van der Waals surface area contributed by atoms with Gasteiger partial charge in [-0.15, -0.1) is 0 Å². The predicted molar refractivity (Wildman–Crippen MR) is 107 cm³/mol. The standard InChI is InChI=1S/C19H17ClN4O7/c1-26-12-8-13(27-2)22-18(21-12)30-10-6-5-7-11(16(10)17(20)25)31-19-23-14(28-3)9-15(24-19)29-4/h5-9H,1-4H3. The average molecular weight is 449 g/mol. The van der Waals surface area contributed by atoms with E-state index in [-0.39, 0.29) is 52.6 Å². The van der Waals surface area contributed by atoms with Crippen LogP contribution < -0.4 is 28.4 Å². The predicted octanol–water partition coefficient (Wildman–Crippen LogP) is 3.26. The Morgan fingerprint density at radius 3 is 1.35 bits per heavy atom. The molecule has 3 aromatic rings. The summed E-state index contributed by atoms with van der Waals surface area (Å²) in [7, 11) is 5.71. The smallest absolute Gasteiger partial charge is 0.328 e. The first-order valence-electron chi connectivity index (χ1n) is 8.60. The Balaban J connectivity index is 2.00. The molecule has 1 aromatic carbocycles. The highest BCUT2D eigenvalue weighted by atomic mass is 35.5. The second kappa shape index (κ2) is 9.76. The largest absolute Gasteiger partial charge is 0.481 e. The first-order chi connectivity index (χ1) is 15.0. The molecule has 162 valence electrons. The summed E-state index contributed by atoms with van der Waals surface area (Å²) in [5.74, 6) is 0.856. The van der Waals surface area contributed by atoms with Gasteiger partial charge < -0.3 is 28.4 Å². The Morgan fingerprint density at radius 1 is 0.710 bits per heavy atom. The maximum atomic E-state index is 12.2. The minimum absolute atomic E-state index is 0.0302. The van der Waals surface area contributed by atoms with Gasteiger partial charge in [0.1, 0.15) is 17.1 Å². The third-order valence-corrected chi connectivity index (χ3v) is 3.93. The van der Waals surface area contributed by atoms with Gasteiger partial charge >= 0.3 is 12.0 Å². The van der Waals surface area contributed by atoms with E-state index in [2.05, 4.69) is 19.9 Å². The number of methoxy groups -OCH3 is 4. The van der Waals surface area contributed by atoms with Gasteiger partial charge in [0.25, 0.3) is 5.24 Å². The van der Waals surface area contributed by atoms with Gasteiger partial charge in [0, 0.05) is 0 Å². The number of carbonyl (C=O) groups is 1. The molecule has 11 nitrogen and oxygen atoms in total. The maximum Gasteiger partial charge on any atom is 0.328 e. The van der Waals surface area contributed by atoms with Crippen LogP contribution in [0, 0.1) is 0 Å². The summed E-state index contributed by atoms with van der Waals surface area (Å²) in [6, 6.07) is 7.22. The van der Waals surface area contributed by atoms with Crippen molar-refractivity contribution in [3.63, 3.8) is 0 Å². The summed E-state index contributed by atoms with van der Waals surface area (Å²) >= 11 is 5.80. The first-order valence-corrected chi connectivity index (χ1v) is 8.97. The summed E-state index contributed by atoms with van der Waals surface area (Å²) in [6.45, 7) is 0. The van der Waals surface area contributed by atoms with Crippen molar-refractivity contribution in [2.45, 2.75) is 0 Å². The highest BCUT2D eigenvalue weighted by Gasteiger charge is 2.21. The van der Waals surface area contributed by atoms with Crippen molar-refractivity contribution >= 4 is 16.8 Å². The zero-order valence-corrected chi connectivity index (χ0v) is 17.7. The fourth-order valence-electron chi connectivity index (χ4n) is 2.35. The fourth-order valence-corrected chi connectivity index (χ4v) is 2.53. The van der Waals surface area contributed by atoms with Crippen LogP contribution in [0.1, 0.15) is 10.4 Å².